The Kier molecular flexibility index (Phi) is 8.02. The van der Waals surface area contributed by atoms with Gasteiger partial charge >= 0.3 is 0 Å². The first-order valence-electron chi connectivity index (χ1n) is 7.57. The van der Waals surface area contributed by atoms with Gasteiger partial charge in [0.25, 0.3) is 0 Å². The van der Waals surface area contributed by atoms with Crippen LogP contribution in [0.4, 0.5) is 5.69 Å². The summed E-state index contributed by atoms with van der Waals surface area (Å²) in [5.41, 5.74) is 7.34. The number of amides is 2. The summed E-state index contributed by atoms with van der Waals surface area (Å²) in [6.45, 7) is 3.69. The fourth-order valence-corrected chi connectivity index (χ4v) is 2.80. The largest absolute Gasteiger partial charge is 0.356 e. The number of carbonyl (C=O) groups excluding carboxylic acids is 2. The maximum Gasteiger partial charge on any atom is 0.227 e. The zero-order valence-corrected chi connectivity index (χ0v) is 15.6. The fourth-order valence-electron chi connectivity index (χ4n) is 2.55. The molecular formula is C16H23BrClN3O2. The second-order valence-corrected chi connectivity index (χ2v) is 6.48. The molecule has 0 saturated carbocycles. The average molecular weight is 405 g/mol. The van der Waals surface area contributed by atoms with Crippen molar-refractivity contribution in [2.75, 3.05) is 24.5 Å². The van der Waals surface area contributed by atoms with E-state index in [2.05, 4.69) is 21.2 Å². The SMILES string of the molecule is Cc1cc(N2CC(C(=O)NCCCCN)CC2=O)ccc1Br.Cl. The predicted molar refractivity (Wildman–Crippen MR) is 97.9 cm³/mol. The molecule has 128 valence electrons. The maximum absolute atomic E-state index is 12.2. The minimum absolute atomic E-state index is 0. The number of rotatable bonds is 6. The van der Waals surface area contributed by atoms with Crippen molar-refractivity contribution >= 4 is 45.8 Å². The van der Waals surface area contributed by atoms with E-state index in [-0.39, 0.29) is 36.6 Å². The molecule has 0 radical (unpaired) electrons. The number of unbranched alkanes of at least 4 members (excludes halogenated alkanes) is 1. The quantitative estimate of drug-likeness (QED) is 0.715. The monoisotopic (exact) mass is 403 g/mol. The second kappa shape index (κ2) is 9.25. The smallest absolute Gasteiger partial charge is 0.227 e. The molecule has 0 aliphatic carbocycles. The van der Waals surface area contributed by atoms with Gasteiger partial charge in [0.15, 0.2) is 0 Å². The molecule has 1 aromatic carbocycles. The van der Waals surface area contributed by atoms with Crippen LogP contribution < -0.4 is 16.0 Å². The zero-order chi connectivity index (χ0) is 16.1. The number of halogens is 2. The molecule has 2 amide bonds. The molecule has 3 N–H and O–H groups in total. The van der Waals surface area contributed by atoms with Crippen LogP contribution in [0.2, 0.25) is 0 Å². The van der Waals surface area contributed by atoms with E-state index in [1.54, 1.807) is 4.90 Å². The van der Waals surface area contributed by atoms with Gasteiger partial charge in [-0.05, 0) is 50.1 Å². The third-order valence-electron chi connectivity index (χ3n) is 3.88. The molecule has 0 aromatic heterocycles. The number of anilines is 1. The van der Waals surface area contributed by atoms with Gasteiger partial charge in [-0.25, -0.2) is 0 Å². The average Bonchev–Trinajstić information content (AvgIpc) is 2.88. The molecule has 1 unspecified atom stereocenters. The third kappa shape index (κ3) is 5.19. The normalized spacial score (nSPS) is 17.1. The Labute approximate surface area is 151 Å². The van der Waals surface area contributed by atoms with Crippen molar-refractivity contribution in [3.8, 4) is 0 Å². The van der Waals surface area contributed by atoms with Crippen LogP contribution in [0.1, 0.15) is 24.8 Å². The highest BCUT2D eigenvalue weighted by molar-refractivity contribution is 9.10. The van der Waals surface area contributed by atoms with Gasteiger partial charge in [0, 0.05) is 29.7 Å². The minimum atomic E-state index is -0.269. The number of benzene rings is 1. The van der Waals surface area contributed by atoms with Gasteiger partial charge in [-0.3, -0.25) is 9.59 Å². The van der Waals surface area contributed by atoms with Crippen LogP contribution in [0.15, 0.2) is 22.7 Å². The van der Waals surface area contributed by atoms with Crippen molar-refractivity contribution in [2.24, 2.45) is 11.7 Å². The van der Waals surface area contributed by atoms with Gasteiger partial charge in [0.1, 0.15) is 0 Å². The van der Waals surface area contributed by atoms with Gasteiger partial charge in [-0.2, -0.15) is 0 Å². The lowest BCUT2D eigenvalue weighted by Crippen LogP contribution is -2.33. The molecule has 1 aromatic rings. The lowest BCUT2D eigenvalue weighted by atomic mass is 10.1. The van der Waals surface area contributed by atoms with E-state index < -0.39 is 0 Å². The van der Waals surface area contributed by atoms with E-state index in [4.69, 9.17) is 5.73 Å². The van der Waals surface area contributed by atoms with Crippen LogP contribution in [0.25, 0.3) is 0 Å². The Bertz CT molecular complexity index is 568. The first kappa shape index (κ1) is 19.9. The highest BCUT2D eigenvalue weighted by Crippen LogP contribution is 2.28. The summed E-state index contributed by atoms with van der Waals surface area (Å²) in [5, 5.41) is 2.89. The van der Waals surface area contributed by atoms with Gasteiger partial charge in [0.05, 0.1) is 5.92 Å². The van der Waals surface area contributed by atoms with Gasteiger partial charge < -0.3 is 16.0 Å². The molecule has 7 heteroatoms. The maximum atomic E-state index is 12.2. The molecule has 1 heterocycles. The van der Waals surface area contributed by atoms with Crippen molar-refractivity contribution in [3.63, 3.8) is 0 Å². The van der Waals surface area contributed by atoms with Crippen LogP contribution >= 0.6 is 28.3 Å². The molecule has 1 fully saturated rings. The topological polar surface area (TPSA) is 75.4 Å². The predicted octanol–water partition coefficient (Wildman–Crippen LogP) is 2.39. The summed E-state index contributed by atoms with van der Waals surface area (Å²) in [6, 6.07) is 5.79. The summed E-state index contributed by atoms with van der Waals surface area (Å²) >= 11 is 3.45. The van der Waals surface area contributed by atoms with Crippen molar-refractivity contribution < 1.29 is 9.59 Å². The van der Waals surface area contributed by atoms with Crippen LogP contribution in [0.5, 0.6) is 0 Å². The van der Waals surface area contributed by atoms with Crippen LogP contribution in [-0.4, -0.2) is 31.4 Å². The summed E-state index contributed by atoms with van der Waals surface area (Å²) < 4.78 is 1.01. The molecular weight excluding hydrogens is 382 g/mol. The first-order valence-corrected chi connectivity index (χ1v) is 8.36. The zero-order valence-electron chi connectivity index (χ0n) is 13.2. The lowest BCUT2D eigenvalue weighted by Gasteiger charge is -2.17. The van der Waals surface area contributed by atoms with E-state index in [9.17, 15) is 9.59 Å². The Morgan fingerprint density at radius 1 is 1.43 bits per heavy atom. The molecule has 23 heavy (non-hydrogen) atoms. The molecule has 2 rings (SSSR count). The van der Waals surface area contributed by atoms with Gasteiger partial charge in [-0.15, -0.1) is 12.4 Å². The van der Waals surface area contributed by atoms with E-state index >= 15 is 0 Å². The lowest BCUT2D eigenvalue weighted by molar-refractivity contribution is -0.126. The molecule has 0 bridgehead atoms. The first-order chi connectivity index (χ1) is 10.5. The Morgan fingerprint density at radius 2 is 2.17 bits per heavy atom. The van der Waals surface area contributed by atoms with E-state index in [1.165, 1.54) is 0 Å². The number of nitrogens with one attached hydrogen (secondary N) is 1. The molecule has 1 saturated heterocycles. The summed E-state index contributed by atoms with van der Waals surface area (Å²) in [6.07, 6.45) is 2.05. The van der Waals surface area contributed by atoms with Crippen molar-refractivity contribution in [1.82, 2.24) is 5.32 Å². The number of carbonyl (C=O) groups is 2. The number of nitrogens with two attached hydrogens (primary N) is 1. The highest BCUT2D eigenvalue weighted by Gasteiger charge is 2.34. The molecule has 1 aliphatic rings. The Hall–Kier alpha value is -1.11. The minimum Gasteiger partial charge on any atom is -0.356 e. The molecule has 0 spiro atoms. The second-order valence-electron chi connectivity index (χ2n) is 5.63. The summed E-state index contributed by atoms with van der Waals surface area (Å²) in [7, 11) is 0. The van der Waals surface area contributed by atoms with Gasteiger partial charge in [-0.1, -0.05) is 15.9 Å². The van der Waals surface area contributed by atoms with Crippen LogP contribution in [0.3, 0.4) is 0 Å². The molecule has 5 nitrogen and oxygen atoms in total. The molecule has 1 atom stereocenters. The Morgan fingerprint density at radius 3 is 2.83 bits per heavy atom. The third-order valence-corrected chi connectivity index (χ3v) is 4.77. The highest BCUT2D eigenvalue weighted by atomic mass is 79.9. The van der Waals surface area contributed by atoms with Crippen molar-refractivity contribution in [1.29, 1.82) is 0 Å². The Balaban J connectivity index is 0.00000264. The number of hydrogen-bond donors (Lipinski definition) is 2. The van der Waals surface area contributed by atoms with Gasteiger partial charge in [0.2, 0.25) is 11.8 Å². The van der Waals surface area contributed by atoms with Crippen molar-refractivity contribution in [3.05, 3.63) is 28.2 Å². The summed E-state index contributed by atoms with van der Waals surface area (Å²) in [5.74, 6) is -0.306. The summed E-state index contributed by atoms with van der Waals surface area (Å²) in [4.78, 5) is 26.0. The van der Waals surface area contributed by atoms with E-state index in [0.717, 1.165) is 28.6 Å². The van der Waals surface area contributed by atoms with E-state index in [0.29, 0.717) is 19.6 Å². The standard InChI is InChI=1S/C16H22BrN3O2.ClH/c1-11-8-13(4-5-14(11)17)20-10-12(9-15(20)21)16(22)19-7-3-2-6-18;/h4-5,8,12H,2-3,6-7,9-10,18H2,1H3,(H,19,22);1H. The number of hydrogen-bond acceptors (Lipinski definition) is 3. The molecule has 1 aliphatic heterocycles. The van der Waals surface area contributed by atoms with Crippen LogP contribution in [0, 0.1) is 12.8 Å². The van der Waals surface area contributed by atoms with E-state index in [1.807, 2.05) is 25.1 Å². The number of aryl methyl sites for hydroxylation is 1. The fraction of sp³-hybridized carbons (Fsp3) is 0.500. The number of nitrogens with zero attached hydrogens (tertiary/aromatic N) is 1. The van der Waals surface area contributed by atoms with Crippen LogP contribution in [-0.2, 0) is 9.59 Å². The van der Waals surface area contributed by atoms with Crippen molar-refractivity contribution in [2.45, 2.75) is 26.2 Å².